The van der Waals surface area contributed by atoms with Crippen LogP contribution in [0.3, 0.4) is 0 Å². The van der Waals surface area contributed by atoms with Gasteiger partial charge in [0, 0.05) is 25.5 Å². The first-order valence-electron chi connectivity index (χ1n) is 5.21. The number of anilines is 1. The Kier molecular flexibility index (Phi) is 3.00. The smallest absolute Gasteiger partial charge is 0.251 e. The van der Waals surface area contributed by atoms with Gasteiger partial charge in [0.1, 0.15) is 0 Å². The van der Waals surface area contributed by atoms with Crippen LogP contribution in [0.4, 0.5) is 5.95 Å². The summed E-state index contributed by atoms with van der Waals surface area (Å²) in [6.45, 7) is 1.36. The third-order valence-corrected chi connectivity index (χ3v) is 2.60. The first-order chi connectivity index (χ1) is 7.66. The Hall–Kier alpha value is -1.69. The van der Waals surface area contributed by atoms with Crippen molar-refractivity contribution in [3.63, 3.8) is 0 Å². The molecule has 1 aliphatic rings. The molecule has 6 nitrogen and oxygen atoms in total. The highest BCUT2D eigenvalue weighted by Gasteiger charge is 2.19. The fraction of sp³-hybridized carbons (Fsp3) is 0.500. The van der Waals surface area contributed by atoms with Gasteiger partial charge in [-0.25, -0.2) is 9.97 Å². The lowest BCUT2D eigenvalue weighted by atomic mass is 10.1. The van der Waals surface area contributed by atoms with E-state index in [4.69, 9.17) is 5.73 Å². The van der Waals surface area contributed by atoms with Gasteiger partial charge in [-0.15, -0.1) is 0 Å². The van der Waals surface area contributed by atoms with Crippen LogP contribution in [0.2, 0.25) is 0 Å². The number of nitrogens with two attached hydrogens (primary N) is 1. The van der Waals surface area contributed by atoms with Crippen LogP contribution >= 0.6 is 0 Å². The van der Waals surface area contributed by atoms with E-state index in [1.165, 1.54) is 12.4 Å². The minimum absolute atomic E-state index is 0.293. The average Bonchev–Trinajstić information content (AvgIpc) is 2.29. The van der Waals surface area contributed by atoms with Crippen molar-refractivity contribution in [1.29, 1.82) is 0 Å². The van der Waals surface area contributed by atoms with E-state index in [-0.39, 0.29) is 6.10 Å². The molecule has 1 aromatic rings. The highest BCUT2D eigenvalue weighted by atomic mass is 16.3. The molecule has 1 saturated heterocycles. The third-order valence-electron chi connectivity index (χ3n) is 2.60. The Balaban J connectivity index is 2.11. The number of primary amides is 1. The van der Waals surface area contributed by atoms with Crippen molar-refractivity contribution in [2.24, 2.45) is 5.73 Å². The summed E-state index contributed by atoms with van der Waals surface area (Å²) in [5, 5.41) is 9.51. The predicted octanol–water partition coefficient (Wildman–Crippen LogP) is -0.463. The van der Waals surface area contributed by atoms with Gasteiger partial charge in [-0.3, -0.25) is 4.79 Å². The van der Waals surface area contributed by atoms with Crippen molar-refractivity contribution < 1.29 is 9.90 Å². The van der Waals surface area contributed by atoms with Crippen molar-refractivity contribution in [3.05, 3.63) is 18.0 Å². The first-order valence-corrected chi connectivity index (χ1v) is 5.21. The van der Waals surface area contributed by atoms with E-state index in [0.29, 0.717) is 18.1 Å². The van der Waals surface area contributed by atoms with Gasteiger partial charge in [0.05, 0.1) is 11.7 Å². The van der Waals surface area contributed by atoms with Gasteiger partial charge >= 0.3 is 0 Å². The number of carbonyl (C=O) groups is 1. The number of carbonyl (C=O) groups excluding carboxylic acids is 1. The maximum Gasteiger partial charge on any atom is 0.251 e. The molecule has 6 heteroatoms. The second-order valence-corrected chi connectivity index (χ2v) is 3.88. The molecular weight excluding hydrogens is 208 g/mol. The number of aliphatic hydroxyl groups excluding tert-OH is 1. The van der Waals surface area contributed by atoms with Crippen molar-refractivity contribution in [2.45, 2.75) is 18.9 Å². The summed E-state index contributed by atoms with van der Waals surface area (Å²) < 4.78 is 0. The first kappa shape index (κ1) is 10.8. The zero-order chi connectivity index (χ0) is 11.5. The summed E-state index contributed by atoms with van der Waals surface area (Å²) in [7, 11) is 0. The average molecular weight is 222 g/mol. The van der Waals surface area contributed by atoms with Gasteiger partial charge in [0.25, 0.3) is 5.91 Å². The molecule has 0 unspecified atom stereocenters. The summed E-state index contributed by atoms with van der Waals surface area (Å²) >= 11 is 0. The molecular formula is C10H14N4O2. The molecule has 1 atom stereocenters. The zero-order valence-electron chi connectivity index (χ0n) is 8.83. The number of nitrogens with zero attached hydrogens (tertiary/aromatic N) is 3. The number of piperidine rings is 1. The fourth-order valence-electron chi connectivity index (χ4n) is 1.75. The molecule has 3 N–H and O–H groups in total. The van der Waals surface area contributed by atoms with E-state index in [9.17, 15) is 9.90 Å². The monoisotopic (exact) mass is 222 g/mol. The minimum Gasteiger partial charge on any atom is -0.391 e. The molecule has 0 bridgehead atoms. The van der Waals surface area contributed by atoms with Crippen molar-refractivity contribution in [3.8, 4) is 0 Å². The van der Waals surface area contributed by atoms with Crippen LogP contribution in [0.15, 0.2) is 12.4 Å². The van der Waals surface area contributed by atoms with Crippen LogP contribution in [0, 0.1) is 0 Å². The molecule has 0 aromatic carbocycles. The van der Waals surface area contributed by atoms with Gasteiger partial charge in [-0.05, 0) is 12.8 Å². The second kappa shape index (κ2) is 4.44. The lowest BCUT2D eigenvalue weighted by molar-refractivity contribution is 0.0999. The number of aromatic nitrogens is 2. The van der Waals surface area contributed by atoms with E-state index in [1.54, 1.807) is 0 Å². The Morgan fingerprint density at radius 2 is 2.19 bits per heavy atom. The molecule has 0 spiro atoms. The summed E-state index contributed by atoms with van der Waals surface area (Å²) in [4.78, 5) is 20.9. The topological polar surface area (TPSA) is 92.3 Å². The Morgan fingerprint density at radius 1 is 1.50 bits per heavy atom. The van der Waals surface area contributed by atoms with Gasteiger partial charge in [-0.2, -0.15) is 0 Å². The highest BCUT2D eigenvalue weighted by molar-refractivity contribution is 5.92. The lowest BCUT2D eigenvalue weighted by Gasteiger charge is -2.29. The molecule has 1 aromatic heterocycles. The fourth-order valence-corrected chi connectivity index (χ4v) is 1.75. The molecule has 16 heavy (non-hydrogen) atoms. The number of hydrogen-bond donors (Lipinski definition) is 2. The lowest BCUT2D eigenvalue weighted by Crippen LogP contribution is -2.39. The molecule has 0 aliphatic carbocycles. The van der Waals surface area contributed by atoms with E-state index in [0.717, 1.165) is 19.4 Å². The third kappa shape index (κ3) is 2.27. The number of amides is 1. The van der Waals surface area contributed by atoms with Crippen LogP contribution in [0.25, 0.3) is 0 Å². The molecule has 2 heterocycles. The summed E-state index contributed by atoms with van der Waals surface area (Å²) in [6, 6.07) is 0. The van der Waals surface area contributed by atoms with E-state index in [2.05, 4.69) is 9.97 Å². The number of aliphatic hydroxyl groups is 1. The molecule has 1 fully saturated rings. The van der Waals surface area contributed by atoms with Gasteiger partial charge < -0.3 is 15.7 Å². The standard InChI is InChI=1S/C10H14N4O2/c11-9(16)7-4-12-10(13-5-7)14-3-1-2-8(15)6-14/h4-5,8,15H,1-3,6H2,(H2,11,16)/t8-/m1/s1. The quantitative estimate of drug-likeness (QED) is 0.706. The van der Waals surface area contributed by atoms with Crippen LogP contribution in [-0.2, 0) is 0 Å². The van der Waals surface area contributed by atoms with Crippen molar-refractivity contribution in [2.75, 3.05) is 18.0 Å². The summed E-state index contributed by atoms with van der Waals surface area (Å²) in [6.07, 6.45) is 4.23. The second-order valence-electron chi connectivity index (χ2n) is 3.88. The van der Waals surface area contributed by atoms with Crippen molar-refractivity contribution >= 4 is 11.9 Å². The maximum absolute atomic E-state index is 10.8. The maximum atomic E-state index is 10.8. The van der Waals surface area contributed by atoms with Crippen LogP contribution in [0.5, 0.6) is 0 Å². The SMILES string of the molecule is NC(=O)c1cnc(N2CCC[C@@H](O)C2)nc1. The largest absolute Gasteiger partial charge is 0.391 e. The number of hydrogen-bond acceptors (Lipinski definition) is 5. The van der Waals surface area contributed by atoms with Crippen LogP contribution in [0.1, 0.15) is 23.2 Å². The molecule has 0 radical (unpaired) electrons. The summed E-state index contributed by atoms with van der Waals surface area (Å²) in [5.74, 6) is -0.00558. The number of β-amino-alcohol motifs (C(OH)–C–C–N with tert-alkyl or cyclic N) is 1. The van der Waals surface area contributed by atoms with Gasteiger partial charge in [-0.1, -0.05) is 0 Å². The molecule has 1 aliphatic heterocycles. The van der Waals surface area contributed by atoms with E-state index >= 15 is 0 Å². The number of rotatable bonds is 2. The van der Waals surface area contributed by atoms with Gasteiger partial charge in [0.2, 0.25) is 5.95 Å². The van der Waals surface area contributed by atoms with Gasteiger partial charge in [0.15, 0.2) is 0 Å². The Labute approximate surface area is 93.1 Å². The van der Waals surface area contributed by atoms with Crippen molar-refractivity contribution in [1.82, 2.24) is 9.97 Å². The normalized spacial score (nSPS) is 20.8. The molecule has 0 saturated carbocycles. The molecule has 2 rings (SSSR count). The van der Waals surface area contributed by atoms with Crippen LogP contribution in [-0.4, -0.2) is 40.2 Å². The van der Waals surface area contributed by atoms with E-state index < -0.39 is 5.91 Å². The Morgan fingerprint density at radius 3 is 2.75 bits per heavy atom. The van der Waals surface area contributed by atoms with Crippen LogP contribution < -0.4 is 10.6 Å². The zero-order valence-corrected chi connectivity index (χ0v) is 8.83. The van der Waals surface area contributed by atoms with E-state index in [1.807, 2.05) is 4.90 Å². The molecule has 1 amide bonds. The minimum atomic E-state index is -0.537. The summed E-state index contributed by atoms with van der Waals surface area (Å²) in [5.41, 5.74) is 5.38. The molecule has 86 valence electrons. The predicted molar refractivity (Wildman–Crippen MR) is 58.0 cm³/mol. The Bertz CT molecular complexity index is 379. The highest BCUT2D eigenvalue weighted by Crippen LogP contribution is 2.15.